The van der Waals surface area contributed by atoms with Gasteiger partial charge in [0.1, 0.15) is 11.7 Å². The summed E-state index contributed by atoms with van der Waals surface area (Å²) in [5.41, 5.74) is 4.00. The molecule has 0 radical (unpaired) electrons. The molecule has 2 aromatic carbocycles. The Labute approximate surface area is 159 Å². The van der Waals surface area contributed by atoms with Gasteiger partial charge in [0.25, 0.3) is 0 Å². The average Bonchev–Trinajstić information content (AvgIpc) is 2.68. The molecule has 3 rings (SSSR count). The number of methoxy groups -OCH3 is 1. The maximum atomic E-state index is 12.9. The maximum Gasteiger partial charge on any atom is 0.317 e. The van der Waals surface area contributed by atoms with Crippen molar-refractivity contribution in [2.75, 3.05) is 13.7 Å². The monoisotopic (exact) mass is 364 g/mol. The van der Waals surface area contributed by atoms with Crippen LogP contribution in [-0.4, -0.2) is 25.5 Å². The van der Waals surface area contributed by atoms with E-state index in [1.807, 2.05) is 55.5 Å². The standard InChI is InChI=1S/C23H24O4/c1-4-27-23(25)22-20(17-7-5-15(2)6-8-17)13-18(14-21(22)24)16-9-11-19(26-3)12-10-16/h5-12,14,20,22H,4,13H2,1-3H3/t20-,22+/m1/s1. The molecule has 2 atom stereocenters. The van der Waals surface area contributed by atoms with Crippen LogP contribution in [0, 0.1) is 12.8 Å². The lowest BCUT2D eigenvalue weighted by molar-refractivity contribution is -0.151. The molecule has 0 aliphatic heterocycles. The van der Waals surface area contributed by atoms with Crippen LogP contribution in [0.15, 0.2) is 54.6 Å². The second-order valence-corrected chi connectivity index (χ2v) is 6.75. The van der Waals surface area contributed by atoms with Gasteiger partial charge in [-0.25, -0.2) is 0 Å². The Bertz CT molecular complexity index is 847. The lowest BCUT2D eigenvalue weighted by atomic mass is 9.73. The van der Waals surface area contributed by atoms with Gasteiger partial charge >= 0.3 is 5.97 Å². The molecule has 0 saturated carbocycles. The molecule has 0 bridgehead atoms. The summed E-state index contributed by atoms with van der Waals surface area (Å²) in [4.78, 5) is 25.4. The number of carbonyl (C=O) groups is 2. The molecule has 0 spiro atoms. The highest BCUT2D eigenvalue weighted by Crippen LogP contribution is 2.40. The number of rotatable bonds is 5. The maximum absolute atomic E-state index is 12.9. The number of carbonyl (C=O) groups excluding carboxylic acids is 2. The van der Waals surface area contributed by atoms with Gasteiger partial charge in [-0.15, -0.1) is 0 Å². The highest BCUT2D eigenvalue weighted by atomic mass is 16.5. The average molecular weight is 364 g/mol. The van der Waals surface area contributed by atoms with Crippen molar-refractivity contribution < 1.29 is 19.1 Å². The molecule has 0 N–H and O–H groups in total. The lowest BCUT2D eigenvalue weighted by Gasteiger charge is -2.29. The third kappa shape index (κ3) is 4.11. The summed E-state index contributed by atoms with van der Waals surface area (Å²) in [5.74, 6) is -0.913. The minimum absolute atomic E-state index is 0.198. The van der Waals surface area contributed by atoms with Gasteiger partial charge < -0.3 is 9.47 Å². The van der Waals surface area contributed by atoms with E-state index in [4.69, 9.17) is 9.47 Å². The fourth-order valence-electron chi connectivity index (χ4n) is 3.52. The molecule has 1 aliphatic carbocycles. The topological polar surface area (TPSA) is 52.6 Å². The van der Waals surface area contributed by atoms with E-state index in [1.165, 1.54) is 0 Å². The van der Waals surface area contributed by atoms with Crippen molar-refractivity contribution in [3.63, 3.8) is 0 Å². The molecule has 0 fully saturated rings. The van der Waals surface area contributed by atoms with Crippen LogP contribution in [0.5, 0.6) is 5.75 Å². The molecule has 0 saturated heterocycles. The first-order valence-electron chi connectivity index (χ1n) is 9.15. The van der Waals surface area contributed by atoms with Gasteiger partial charge in [-0.05, 0) is 55.2 Å². The van der Waals surface area contributed by atoms with Crippen LogP contribution in [0.2, 0.25) is 0 Å². The summed E-state index contributed by atoms with van der Waals surface area (Å²) in [6.45, 7) is 4.03. The van der Waals surface area contributed by atoms with Crippen molar-refractivity contribution in [2.24, 2.45) is 5.92 Å². The number of allylic oxidation sites excluding steroid dienone is 2. The smallest absolute Gasteiger partial charge is 0.317 e. The van der Waals surface area contributed by atoms with E-state index in [0.29, 0.717) is 6.42 Å². The van der Waals surface area contributed by atoms with Gasteiger partial charge in [0.2, 0.25) is 0 Å². The number of ether oxygens (including phenoxy) is 2. The van der Waals surface area contributed by atoms with Crippen LogP contribution < -0.4 is 4.74 Å². The third-order valence-electron chi connectivity index (χ3n) is 4.97. The molecule has 2 aromatic rings. The van der Waals surface area contributed by atoms with Crippen molar-refractivity contribution in [1.29, 1.82) is 0 Å². The van der Waals surface area contributed by atoms with Gasteiger partial charge in [0.05, 0.1) is 13.7 Å². The molecule has 0 aromatic heterocycles. The number of esters is 1. The number of ketones is 1. The molecule has 140 valence electrons. The summed E-state index contributed by atoms with van der Waals surface area (Å²) in [6, 6.07) is 15.6. The molecule has 4 heteroatoms. The van der Waals surface area contributed by atoms with E-state index in [-0.39, 0.29) is 18.3 Å². The van der Waals surface area contributed by atoms with Gasteiger partial charge in [-0.3, -0.25) is 9.59 Å². The summed E-state index contributed by atoms with van der Waals surface area (Å²) < 4.78 is 10.4. The Morgan fingerprint density at radius 1 is 1.07 bits per heavy atom. The zero-order valence-corrected chi connectivity index (χ0v) is 15.9. The van der Waals surface area contributed by atoms with Crippen LogP contribution in [0.4, 0.5) is 0 Å². The van der Waals surface area contributed by atoms with Crippen LogP contribution in [0.3, 0.4) is 0 Å². The Morgan fingerprint density at radius 3 is 2.33 bits per heavy atom. The Morgan fingerprint density at radius 2 is 1.74 bits per heavy atom. The highest BCUT2D eigenvalue weighted by molar-refractivity contribution is 6.10. The van der Waals surface area contributed by atoms with E-state index in [1.54, 1.807) is 20.1 Å². The molecular formula is C23H24O4. The van der Waals surface area contributed by atoms with E-state index in [0.717, 1.165) is 28.0 Å². The first-order valence-corrected chi connectivity index (χ1v) is 9.15. The predicted octanol–water partition coefficient (Wildman–Crippen LogP) is 4.32. The Kier molecular flexibility index (Phi) is 5.75. The zero-order chi connectivity index (χ0) is 19.4. The SMILES string of the molecule is CCOC(=O)[C@@H]1C(=O)C=C(c2ccc(OC)cc2)C[C@@H]1c1ccc(C)cc1. The molecule has 0 unspecified atom stereocenters. The van der Waals surface area contributed by atoms with E-state index in [2.05, 4.69) is 0 Å². The van der Waals surface area contributed by atoms with E-state index >= 15 is 0 Å². The molecule has 0 amide bonds. The number of benzene rings is 2. The van der Waals surface area contributed by atoms with Crippen molar-refractivity contribution in [3.8, 4) is 5.75 Å². The Balaban J connectivity index is 1.99. The second kappa shape index (κ2) is 8.21. The number of aryl methyl sites for hydroxylation is 1. The van der Waals surface area contributed by atoms with Crippen molar-refractivity contribution in [2.45, 2.75) is 26.2 Å². The van der Waals surface area contributed by atoms with E-state index < -0.39 is 11.9 Å². The zero-order valence-electron chi connectivity index (χ0n) is 15.9. The first kappa shape index (κ1) is 18.9. The van der Waals surface area contributed by atoms with Gasteiger partial charge in [-0.1, -0.05) is 42.0 Å². The van der Waals surface area contributed by atoms with E-state index in [9.17, 15) is 9.59 Å². The van der Waals surface area contributed by atoms with Gasteiger partial charge in [0.15, 0.2) is 5.78 Å². The van der Waals surface area contributed by atoms with Crippen molar-refractivity contribution in [1.82, 2.24) is 0 Å². The predicted molar refractivity (Wildman–Crippen MR) is 105 cm³/mol. The minimum atomic E-state index is -0.797. The molecule has 1 aliphatic rings. The largest absolute Gasteiger partial charge is 0.497 e. The van der Waals surface area contributed by atoms with Crippen LogP contribution >= 0.6 is 0 Å². The molecular weight excluding hydrogens is 340 g/mol. The van der Waals surface area contributed by atoms with Crippen LogP contribution in [0.25, 0.3) is 5.57 Å². The van der Waals surface area contributed by atoms with Crippen LogP contribution in [-0.2, 0) is 14.3 Å². The molecule has 27 heavy (non-hydrogen) atoms. The Hall–Kier alpha value is -2.88. The summed E-state index contributed by atoms with van der Waals surface area (Å²) in [5, 5.41) is 0. The highest BCUT2D eigenvalue weighted by Gasteiger charge is 2.39. The molecule has 4 nitrogen and oxygen atoms in total. The summed E-state index contributed by atoms with van der Waals surface area (Å²) in [6.07, 6.45) is 2.19. The molecule has 0 heterocycles. The lowest BCUT2D eigenvalue weighted by Crippen LogP contribution is -2.34. The van der Waals surface area contributed by atoms with Gasteiger partial charge in [-0.2, -0.15) is 0 Å². The first-order chi connectivity index (χ1) is 13.0. The quantitative estimate of drug-likeness (QED) is 0.586. The third-order valence-corrected chi connectivity index (χ3v) is 4.97. The van der Waals surface area contributed by atoms with Crippen molar-refractivity contribution in [3.05, 3.63) is 71.3 Å². The van der Waals surface area contributed by atoms with Crippen molar-refractivity contribution >= 4 is 17.3 Å². The summed E-state index contributed by atoms with van der Waals surface area (Å²) in [7, 11) is 1.62. The second-order valence-electron chi connectivity index (χ2n) is 6.75. The van der Waals surface area contributed by atoms with Crippen LogP contribution in [0.1, 0.15) is 36.0 Å². The number of hydrogen-bond donors (Lipinski definition) is 0. The fraction of sp³-hybridized carbons (Fsp3) is 0.304. The normalized spacial score (nSPS) is 19.4. The van der Waals surface area contributed by atoms with Gasteiger partial charge in [0, 0.05) is 5.92 Å². The minimum Gasteiger partial charge on any atom is -0.497 e. The number of hydrogen-bond acceptors (Lipinski definition) is 4. The summed E-state index contributed by atoms with van der Waals surface area (Å²) >= 11 is 0. The fourth-order valence-corrected chi connectivity index (χ4v) is 3.52.